The van der Waals surface area contributed by atoms with Gasteiger partial charge in [-0.2, -0.15) is 0 Å². The molecule has 0 saturated carbocycles. The van der Waals surface area contributed by atoms with E-state index in [1.54, 1.807) is 0 Å². The van der Waals surface area contributed by atoms with Crippen molar-refractivity contribution in [3.63, 3.8) is 0 Å². The lowest BCUT2D eigenvalue weighted by Crippen LogP contribution is -2.06. The highest BCUT2D eigenvalue weighted by Gasteiger charge is 2.09. The number of carbonyl (C=O) groups is 1. The molecule has 1 aromatic rings. The first-order valence-electron chi connectivity index (χ1n) is 4.06. The minimum atomic E-state index is -0.204. The van der Waals surface area contributed by atoms with E-state index >= 15 is 0 Å². The van der Waals surface area contributed by atoms with E-state index in [4.69, 9.17) is 0 Å². The van der Waals surface area contributed by atoms with Gasteiger partial charge in [0.25, 0.3) is 0 Å². The van der Waals surface area contributed by atoms with Gasteiger partial charge in [-0.05, 0) is 46.7 Å². The molecule has 1 aromatic carbocycles. The molecule has 4 heteroatoms. The van der Waals surface area contributed by atoms with E-state index in [-0.39, 0.29) is 5.97 Å². The summed E-state index contributed by atoms with van der Waals surface area (Å²) in [6.45, 7) is 2.02. The summed E-state index contributed by atoms with van der Waals surface area (Å²) in [6, 6.07) is 3.89. The van der Waals surface area contributed by atoms with Crippen LogP contribution in [-0.4, -0.2) is 13.1 Å². The highest BCUT2D eigenvalue weighted by Crippen LogP contribution is 2.25. The number of benzene rings is 1. The monoisotopic (exact) mass is 368 g/mol. The lowest BCUT2D eigenvalue weighted by atomic mass is 10.1. The van der Waals surface area contributed by atoms with Crippen molar-refractivity contribution in [1.82, 2.24) is 0 Å². The van der Waals surface area contributed by atoms with Gasteiger partial charge in [-0.25, -0.2) is 0 Å². The van der Waals surface area contributed by atoms with Gasteiger partial charge in [-0.1, -0.05) is 22.0 Å². The third-order valence-corrected chi connectivity index (χ3v) is 4.32. The summed E-state index contributed by atoms with van der Waals surface area (Å²) in [7, 11) is 1.40. The number of halogens is 2. The molecule has 0 radical (unpaired) electrons. The number of hydrogen-bond acceptors (Lipinski definition) is 2. The zero-order valence-electron chi connectivity index (χ0n) is 7.93. The fourth-order valence-corrected chi connectivity index (χ4v) is 2.44. The molecule has 0 aliphatic heterocycles. The Kier molecular flexibility index (Phi) is 4.37. The average molecular weight is 369 g/mol. The highest BCUT2D eigenvalue weighted by molar-refractivity contribution is 14.1. The molecule has 0 fully saturated rings. The quantitative estimate of drug-likeness (QED) is 0.592. The summed E-state index contributed by atoms with van der Waals surface area (Å²) < 4.78 is 6.80. The summed E-state index contributed by atoms with van der Waals surface area (Å²) in [5.74, 6) is -0.204. The van der Waals surface area contributed by atoms with Crippen molar-refractivity contribution < 1.29 is 9.53 Å². The van der Waals surface area contributed by atoms with Crippen LogP contribution in [0.15, 0.2) is 16.6 Å². The van der Waals surface area contributed by atoms with Gasteiger partial charge in [-0.15, -0.1) is 0 Å². The van der Waals surface area contributed by atoms with Crippen LogP contribution in [0, 0.1) is 10.5 Å². The lowest BCUT2D eigenvalue weighted by Gasteiger charge is -2.07. The topological polar surface area (TPSA) is 26.3 Å². The Morgan fingerprint density at radius 3 is 2.79 bits per heavy atom. The van der Waals surface area contributed by atoms with E-state index in [1.807, 2.05) is 19.1 Å². The molecular weight excluding hydrogens is 359 g/mol. The molecule has 0 aromatic heterocycles. The van der Waals surface area contributed by atoms with Crippen molar-refractivity contribution >= 4 is 44.5 Å². The van der Waals surface area contributed by atoms with E-state index in [0.717, 1.165) is 19.2 Å². The summed E-state index contributed by atoms with van der Waals surface area (Å²) in [5, 5.41) is 0. The average Bonchev–Trinajstić information content (AvgIpc) is 2.19. The molecule has 0 unspecified atom stereocenters. The molecule has 1 rings (SSSR count). The second kappa shape index (κ2) is 5.11. The van der Waals surface area contributed by atoms with Crippen molar-refractivity contribution in [1.29, 1.82) is 0 Å². The zero-order chi connectivity index (χ0) is 10.7. The van der Waals surface area contributed by atoms with Gasteiger partial charge in [0, 0.05) is 8.04 Å². The molecule has 0 saturated heterocycles. The number of hydrogen-bond donors (Lipinski definition) is 0. The van der Waals surface area contributed by atoms with Crippen molar-refractivity contribution in [3.05, 3.63) is 31.3 Å². The molecule has 0 aliphatic rings. The van der Waals surface area contributed by atoms with Gasteiger partial charge in [0.15, 0.2) is 0 Å². The largest absolute Gasteiger partial charge is 0.469 e. The lowest BCUT2D eigenvalue weighted by molar-refractivity contribution is -0.139. The zero-order valence-corrected chi connectivity index (χ0v) is 11.7. The Balaban J connectivity index is 3.00. The summed E-state index contributed by atoms with van der Waals surface area (Å²) in [6.07, 6.45) is 0.336. The standard InChI is InChI=1S/C10H10BrIO2/c1-6-8(11)4-3-7(10(6)12)5-9(13)14-2/h3-4H,5H2,1-2H3. The van der Waals surface area contributed by atoms with Gasteiger partial charge >= 0.3 is 5.97 Å². The van der Waals surface area contributed by atoms with Crippen LogP contribution < -0.4 is 0 Å². The number of esters is 1. The first-order chi connectivity index (χ1) is 6.56. The van der Waals surface area contributed by atoms with E-state index in [0.29, 0.717) is 6.42 Å². The molecule has 0 amide bonds. The van der Waals surface area contributed by atoms with Crippen molar-refractivity contribution in [2.24, 2.45) is 0 Å². The second-order valence-corrected chi connectivity index (χ2v) is 4.83. The molecule has 0 N–H and O–H groups in total. The van der Waals surface area contributed by atoms with Gasteiger partial charge in [0.1, 0.15) is 0 Å². The Morgan fingerprint density at radius 1 is 1.57 bits per heavy atom. The minimum absolute atomic E-state index is 0.204. The third-order valence-electron chi connectivity index (χ3n) is 1.96. The number of rotatable bonds is 2. The van der Waals surface area contributed by atoms with Crippen molar-refractivity contribution in [3.8, 4) is 0 Å². The molecule has 76 valence electrons. The molecular formula is C10H10BrIO2. The molecule has 0 atom stereocenters. The first kappa shape index (κ1) is 12.0. The highest BCUT2D eigenvalue weighted by atomic mass is 127. The Labute approximate surface area is 105 Å². The van der Waals surface area contributed by atoms with Crippen LogP contribution in [0.2, 0.25) is 0 Å². The smallest absolute Gasteiger partial charge is 0.310 e. The van der Waals surface area contributed by atoms with E-state index in [2.05, 4.69) is 43.3 Å². The Hall–Kier alpha value is -0.100. The molecule has 0 spiro atoms. The van der Waals surface area contributed by atoms with Crippen LogP contribution in [0.3, 0.4) is 0 Å². The van der Waals surface area contributed by atoms with Crippen LogP contribution in [0.1, 0.15) is 11.1 Å². The maximum absolute atomic E-state index is 11.1. The number of methoxy groups -OCH3 is 1. The summed E-state index contributed by atoms with van der Waals surface area (Å²) >= 11 is 5.68. The van der Waals surface area contributed by atoms with Gasteiger partial charge in [-0.3, -0.25) is 4.79 Å². The maximum Gasteiger partial charge on any atom is 0.310 e. The molecule has 14 heavy (non-hydrogen) atoms. The van der Waals surface area contributed by atoms with Crippen molar-refractivity contribution in [2.45, 2.75) is 13.3 Å². The second-order valence-electron chi connectivity index (χ2n) is 2.90. The fraction of sp³-hybridized carbons (Fsp3) is 0.300. The number of carbonyl (C=O) groups excluding carboxylic acids is 1. The predicted molar refractivity (Wildman–Crippen MR) is 67.3 cm³/mol. The maximum atomic E-state index is 11.1. The van der Waals surface area contributed by atoms with Gasteiger partial charge in [0.05, 0.1) is 13.5 Å². The van der Waals surface area contributed by atoms with E-state index in [9.17, 15) is 4.79 Å². The molecule has 0 bridgehead atoms. The molecule has 0 heterocycles. The minimum Gasteiger partial charge on any atom is -0.469 e. The Morgan fingerprint density at radius 2 is 2.21 bits per heavy atom. The van der Waals surface area contributed by atoms with Crippen molar-refractivity contribution in [2.75, 3.05) is 7.11 Å². The fourth-order valence-electron chi connectivity index (χ4n) is 1.08. The number of ether oxygens (including phenoxy) is 1. The predicted octanol–water partition coefficient (Wildman–Crippen LogP) is 3.08. The van der Waals surface area contributed by atoms with Crippen LogP contribution in [-0.2, 0) is 16.0 Å². The Bertz CT molecular complexity index is 363. The van der Waals surface area contributed by atoms with Crippen LogP contribution in [0.4, 0.5) is 0 Å². The molecule has 2 nitrogen and oxygen atoms in total. The third kappa shape index (κ3) is 2.70. The van der Waals surface area contributed by atoms with Crippen LogP contribution in [0.25, 0.3) is 0 Å². The summed E-state index contributed by atoms with van der Waals surface area (Å²) in [5.41, 5.74) is 2.17. The van der Waals surface area contributed by atoms with Crippen LogP contribution in [0.5, 0.6) is 0 Å². The molecule has 0 aliphatic carbocycles. The van der Waals surface area contributed by atoms with E-state index in [1.165, 1.54) is 7.11 Å². The SMILES string of the molecule is COC(=O)Cc1ccc(Br)c(C)c1I. The van der Waals surface area contributed by atoms with Gasteiger partial charge in [0.2, 0.25) is 0 Å². The normalized spacial score (nSPS) is 10.0. The van der Waals surface area contributed by atoms with E-state index < -0.39 is 0 Å². The van der Waals surface area contributed by atoms with Crippen LogP contribution >= 0.6 is 38.5 Å². The van der Waals surface area contributed by atoms with Gasteiger partial charge < -0.3 is 4.74 Å². The summed E-state index contributed by atoms with van der Waals surface area (Å²) in [4.78, 5) is 11.1. The first-order valence-corrected chi connectivity index (χ1v) is 5.93.